The number of rotatable bonds is 5. The van der Waals surface area contributed by atoms with Crippen molar-refractivity contribution in [3.8, 4) is 56.3 Å². The lowest BCUT2D eigenvalue weighted by Crippen LogP contribution is -1.91. The molecule has 0 fully saturated rings. The molecule has 0 saturated heterocycles. The van der Waals surface area contributed by atoms with Crippen molar-refractivity contribution in [2.75, 3.05) is 0 Å². The average Bonchev–Trinajstić information content (AvgIpc) is 3.23. The van der Waals surface area contributed by atoms with Crippen LogP contribution in [0.2, 0.25) is 0 Å². The minimum Gasteiger partial charge on any atom is -0.261 e. The first kappa shape index (κ1) is 29.7. The van der Waals surface area contributed by atoms with Gasteiger partial charge in [0.25, 0.3) is 0 Å². The van der Waals surface area contributed by atoms with E-state index in [0.717, 1.165) is 99.9 Å². The van der Waals surface area contributed by atoms with Crippen LogP contribution < -0.4 is 0 Å². The highest BCUT2D eigenvalue weighted by molar-refractivity contribution is 6.04. The molecule has 0 amide bonds. The number of nitrogens with zero attached hydrogens (tertiary/aromatic N) is 6. The maximum atomic E-state index is 5.15. The Bertz CT molecular complexity index is 2940. The molecule has 0 aliphatic carbocycles. The summed E-state index contributed by atoms with van der Waals surface area (Å²) < 4.78 is 0. The second kappa shape index (κ2) is 12.3. The van der Waals surface area contributed by atoms with E-state index in [9.17, 15) is 0 Å². The van der Waals surface area contributed by atoms with E-state index in [1.165, 1.54) is 0 Å². The van der Waals surface area contributed by atoms with Crippen molar-refractivity contribution in [3.63, 3.8) is 0 Å². The van der Waals surface area contributed by atoms with Crippen LogP contribution >= 0.6 is 0 Å². The lowest BCUT2D eigenvalue weighted by atomic mass is 10.00. The summed E-state index contributed by atoms with van der Waals surface area (Å²) in [7, 11) is 0. The number of aromatic nitrogens is 6. The number of fused-ring (bicyclic) bond motifs is 5. The monoisotopic (exact) mass is 664 g/mol. The fraction of sp³-hybridized carbons (Fsp3) is 0. The first-order valence-corrected chi connectivity index (χ1v) is 17.2. The molecule has 0 aliphatic heterocycles. The Balaban J connectivity index is 0.965. The summed E-state index contributed by atoms with van der Waals surface area (Å²) in [5, 5.41) is 4.29. The lowest BCUT2D eigenvalue weighted by molar-refractivity contribution is 1.19. The first-order chi connectivity index (χ1) is 25.7. The van der Waals surface area contributed by atoms with Crippen LogP contribution in [0.5, 0.6) is 0 Å². The molecule has 0 unspecified atom stereocenters. The van der Waals surface area contributed by atoms with Gasteiger partial charge < -0.3 is 0 Å². The van der Waals surface area contributed by atoms with Crippen LogP contribution in [0.25, 0.3) is 99.9 Å². The zero-order valence-corrected chi connectivity index (χ0v) is 27.8. The molecule has 5 aromatic carbocycles. The highest BCUT2D eigenvalue weighted by Crippen LogP contribution is 2.32. The summed E-state index contributed by atoms with van der Waals surface area (Å²) in [5.74, 6) is 0. The van der Waals surface area contributed by atoms with Crippen molar-refractivity contribution in [2.45, 2.75) is 0 Å². The van der Waals surface area contributed by atoms with Crippen molar-refractivity contribution in [1.29, 1.82) is 0 Å². The largest absolute Gasteiger partial charge is 0.261 e. The summed E-state index contributed by atoms with van der Waals surface area (Å²) in [5.41, 5.74) is 13.3. The van der Waals surface area contributed by atoms with Crippen LogP contribution in [0.15, 0.2) is 170 Å². The smallest absolute Gasteiger partial charge is 0.107 e. The van der Waals surface area contributed by atoms with E-state index in [4.69, 9.17) is 19.9 Å². The Hall–Kier alpha value is -7.18. The summed E-state index contributed by atoms with van der Waals surface area (Å²) >= 11 is 0. The van der Waals surface area contributed by atoms with Gasteiger partial charge >= 0.3 is 0 Å². The zero-order valence-electron chi connectivity index (χ0n) is 27.8. The molecule has 5 heterocycles. The van der Waals surface area contributed by atoms with E-state index in [1.54, 1.807) is 18.6 Å². The predicted octanol–water partition coefficient (Wildman–Crippen LogP) is 11.0. The number of pyridine rings is 4. The molecule has 52 heavy (non-hydrogen) atoms. The van der Waals surface area contributed by atoms with Crippen LogP contribution in [0.3, 0.4) is 0 Å². The molecule has 6 nitrogen and oxygen atoms in total. The number of hydrogen-bond donors (Lipinski definition) is 0. The standard InChI is InChI=1S/C46H28N6/c1-2-4-30(5-3-1)38-21-18-34-12-13-35-19-22-39(52-46(35)45(34)51-38)31-8-6-29(7-9-31)36-14-10-32-16-20-40(49-42(32)26-36)37-15-11-33-17-23-41(50-43(33)27-37)44-28-47-24-25-48-44/h1-28H. The first-order valence-electron chi connectivity index (χ1n) is 17.2. The molecule has 10 aromatic rings. The molecule has 0 N–H and O–H groups in total. The molecule has 0 spiro atoms. The zero-order chi connectivity index (χ0) is 34.4. The maximum absolute atomic E-state index is 5.15. The van der Waals surface area contributed by atoms with Crippen LogP contribution in [-0.4, -0.2) is 29.9 Å². The minimum absolute atomic E-state index is 0.747. The van der Waals surface area contributed by atoms with Gasteiger partial charge in [0.1, 0.15) is 5.69 Å². The summed E-state index contributed by atoms with van der Waals surface area (Å²) in [4.78, 5) is 28.8. The summed E-state index contributed by atoms with van der Waals surface area (Å²) in [6.07, 6.45) is 5.08. The van der Waals surface area contributed by atoms with Gasteiger partial charge in [-0.25, -0.2) is 19.9 Å². The van der Waals surface area contributed by atoms with E-state index >= 15 is 0 Å². The minimum atomic E-state index is 0.747. The highest BCUT2D eigenvalue weighted by Gasteiger charge is 2.11. The molecule has 0 radical (unpaired) electrons. The topological polar surface area (TPSA) is 77.3 Å². The maximum Gasteiger partial charge on any atom is 0.107 e. The Morgan fingerprint density at radius 2 is 0.788 bits per heavy atom. The molecule has 0 aliphatic rings. The normalized spacial score (nSPS) is 11.5. The van der Waals surface area contributed by atoms with Crippen LogP contribution in [-0.2, 0) is 0 Å². The second-order valence-corrected chi connectivity index (χ2v) is 12.8. The summed E-state index contributed by atoms with van der Waals surface area (Å²) in [6.45, 7) is 0. The Labute approximate surface area is 299 Å². The molecule has 10 rings (SSSR count). The van der Waals surface area contributed by atoms with E-state index in [-0.39, 0.29) is 0 Å². The van der Waals surface area contributed by atoms with Gasteiger partial charge in [-0.2, -0.15) is 0 Å². The van der Waals surface area contributed by atoms with Crippen molar-refractivity contribution in [3.05, 3.63) is 170 Å². The number of hydrogen-bond acceptors (Lipinski definition) is 6. The van der Waals surface area contributed by atoms with E-state index in [0.29, 0.717) is 0 Å². The molecule has 5 aromatic heterocycles. The van der Waals surface area contributed by atoms with Crippen LogP contribution in [0, 0.1) is 0 Å². The SMILES string of the molecule is c1ccc(-c2ccc3ccc4ccc(-c5ccc(-c6ccc7ccc(-c8ccc9ccc(-c%10cnccn%10)nc9c8)nc7c6)cc5)nc4c3n2)cc1. The molecular weight excluding hydrogens is 637 g/mol. The van der Waals surface area contributed by atoms with Gasteiger partial charge in [0.05, 0.1) is 51.0 Å². The number of benzene rings is 5. The lowest BCUT2D eigenvalue weighted by Gasteiger charge is -2.10. The molecule has 0 saturated carbocycles. The third-order valence-corrected chi connectivity index (χ3v) is 9.61. The molecular formula is C46H28N6. The predicted molar refractivity (Wildman–Crippen MR) is 210 cm³/mol. The Kier molecular flexibility index (Phi) is 7.03. The van der Waals surface area contributed by atoms with Gasteiger partial charge in [0.15, 0.2) is 0 Å². The summed E-state index contributed by atoms with van der Waals surface area (Å²) in [6, 6.07) is 52.5. The fourth-order valence-electron chi connectivity index (χ4n) is 6.84. The third-order valence-electron chi connectivity index (χ3n) is 9.61. The third kappa shape index (κ3) is 5.39. The Morgan fingerprint density at radius 1 is 0.308 bits per heavy atom. The van der Waals surface area contributed by atoms with Gasteiger partial charge in [-0.1, -0.05) is 115 Å². The second-order valence-electron chi connectivity index (χ2n) is 12.8. The Morgan fingerprint density at radius 3 is 1.44 bits per heavy atom. The molecule has 0 bridgehead atoms. The van der Waals surface area contributed by atoms with Gasteiger partial charge in [-0.05, 0) is 47.5 Å². The van der Waals surface area contributed by atoms with Gasteiger partial charge in [0, 0.05) is 50.6 Å². The van der Waals surface area contributed by atoms with Crippen molar-refractivity contribution >= 4 is 43.6 Å². The van der Waals surface area contributed by atoms with Crippen molar-refractivity contribution in [2.24, 2.45) is 0 Å². The highest BCUT2D eigenvalue weighted by atomic mass is 14.8. The van der Waals surface area contributed by atoms with Crippen LogP contribution in [0.4, 0.5) is 0 Å². The van der Waals surface area contributed by atoms with Crippen molar-refractivity contribution < 1.29 is 0 Å². The van der Waals surface area contributed by atoms with E-state index in [2.05, 4.69) is 137 Å². The molecule has 242 valence electrons. The van der Waals surface area contributed by atoms with Gasteiger partial charge in [0.2, 0.25) is 0 Å². The average molecular weight is 665 g/mol. The van der Waals surface area contributed by atoms with Gasteiger partial charge in [-0.3, -0.25) is 9.97 Å². The van der Waals surface area contributed by atoms with Crippen molar-refractivity contribution in [1.82, 2.24) is 29.9 Å². The molecule has 6 heteroatoms. The quantitative estimate of drug-likeness (QED) is 0.170. The van der Waals surface area contributed by atoms with E-state index in [1.807, 2.05) is 24.3 Å². The van der Waals surface area contributed by atoms with Gasteiger partial charge in [-0.15, -0.1) is 0 Å². The van der Waals surface area contributed by atoms with E-state index < -0.39 is 0 Å². The fourth-order valence-corrected chi connectivity index (χ4v) is 6.84. The molecule has 0 atom stereocenters. The van der Waals surface area contributed by atoms with Crippen LogP contribution in [0.1, 0.15) is 0 Å².